The maximum absolute atomic E-state index is 12.6. The van der Waals surface area contributed by atoms with Crippen LogP contribution in [0, 0.1) is 12.8 Å². The summed E-state index contributed by atoms with van der Waals surface area (Å²) in [7, 11) is 1.87. The molecule has 2 saturated heterocycles. The van der Waals surface area contributed by atoms with E-state index in [1.54, 1.807) is 4.68 Å². The summed E-state index contributed by atoms with van der Waals surface area (Å²) in [4.78, 5) is 14.7. The van der Waals surface area contributed by atoms with Crippen molar-refractivity contribution in [2.75, 3.05) is 19.6 Å². The minimum Gasteiger partial charge on any atom is -0.338 e. The molecule has 0 aliphatic carbocycles. The number of hydrogen-bond acceptors (Lipinski definition) is 3. The lowest BCUT2D eigenvalue weighted by molar-refractivity contribution is 0.0650. The molecule has 0 radical (unpaired) electrons. The molecule has 5 nitrogen and oxygen atoms in total. The second-order valence-electron chi connectivity index (χ2n) is 6.16. The molecule has 0 aromatic carbocycles. The van der Waals surface area contributed by atoms with Crippen molar-refractivity contribution in [2.24, 2.45) is 13.0 Å². The largest absolute Gasteiger partial charge is 0.338 e. The monoisotopic (exact) mass is 276 g/mol. The molecule has 1 amide bonds. The van der Waals surface area contributed by atoms with Crippen molar-refractivity contribution in [3.8, 4) is 0 Å². The van der Waals surface area contributed by atoms with Crippen LogP contribution in [0.2, 0.25) is 0 Å². The van der Waals surface area contributed by atoms with E-state index < -0.39 is 0 Å². The first-order chi connectivity index (χ1) is 9.65. The Hall–Kier alpha value is -1.36. The van der Waals surface area contributed by atoms with Gasteiger partial charge in [0, 0.05) is 32.4 Å². The molecule has 2 aliphatic rings. The highest BCUT2D eigenvalue weighted by Crippen LogP contribution is 2.26. The number of aryl methyl sites for hydroxylation is 2. The van der Waals surface area contributed by atoms with Gasteiger partial charge in [-0.05, 0) is 45.1 Å². The summed E-state index contributed by atoms with van der Waals surface area (Å²) in [5.41, 5.74) is 1.59. The molecule has 5 heteroatoms. The first-order valence-electron chi connectivity index (χ1n) is 7.68. The number of aromatic nitrogens is 2. The summed E-state index contributed by atoms with van der Waals surface area (Å²) in [5.74, 6) is 0.769. The SMILES string of the molecule is Cc1nn(C)cc1C(=O)N1CCCC(C2CCCN2)C1. The Morgan fingerprint density at radius 1 is 1.40 bits per heavy atom. The van der Waals surface area contributed by atoms with Crippen LogP contribution in [0.5, 0.6) is 0 Å². The van der Waals surface area contributed by atoms with Crippen molar-refractivity contribution in [1.29, 1.82) is 0 Å². The molecule has 1 N–H and O–H groups in total. The first kappa shape index (κ1) is 13.6. The van der Waals surface area contributed by atoms with E-state index in [2.05, 4.69) is 10.4 Å². The van der Waals surface area contributed by atoms with Gasteiger partial charge in [-0.15, -0.1) is 0 Å². The van der Waals surface area contributed by atoms with Gasteiger partial charge in [0.05, 0.1) is 11.3 Å². The second-order valence-corrected chi connectivity index (χ2v) is 6.16. The molecule has 3 heterocycles. The number of nitrogens with one attached hydrogen (secondary N) is 1. The average molecular weight is 276 g/mol. The minimum absolute atomic E-state index is 0.151. The van der Waals surface area contributed by atoms with Crippen LogP contribution in [0.25, 0.3) is 0 Å². The van der Waals surface area contributed by atoms with E-state index in [0.717, 1.165) is 37.3 Å². The fourth-order valence-corrected chi connectivity index (χ4v) is 3.62. The molecule has 0 bridgehead atoms. The smallest absolute Gasteiger partial charge is 0.257 e. The van der Waals surface area contributed by atoms with E-state index in [4.69, 9.17) is 0 Å². The average Bonchev–Trinajstić information content (AvgIpc) is 3.08. The molecule has 2 atom stereocenters. The standard InChI is InChI=1S/C15H24N4O/c1-11-13(10-18(2)17-11)15(20)19-8-4-5-12(9-19)14-6-3-7-16-14/h10,12,14,16H,3-9H2,1-2H3. The molecule has 20 heavy (non-hydrogen) atoms. The van der Waals surface area contributed by atoms with Gasteiger partial charge in [0.25, 0.3) is 5.91 Å². The Bertz CT molecular complexity index is 490. The zero-order valence-electron chi connectivity index (χ0n) is 12.4. The van der Waals surface area contributed by atoms with Crippen LogP contribution in [0.1, 0.15) is 41.7 Å². The van der Waals surface area contributed by atoms with Crippen LogP contribution in [-0.2, 0) is 7.05 Å². The molecule has 2 unspecified atom stereocenters. The summed E-state index contributed by atoms with van der Waals surface area (Å²) in [6.07, 6.45) is 6.74. The van der Waals surface area contributed by atoms with Gasteiger partial charge in [-0.3, -0.25) is 9.48 Å². The van der Waals surface area contributed by atoms with E-state index in [1.165, 1.54) is 19.3 Å². The molecule has 1 aromatic rings. The number of likely N-dealkylation sites (tertiary alicyclic amines) is 1. The lowest BCUT2D eigenvalue weighted by Gasteiger charge is -2.35. The van der Waals surface area contributed by atoms with E-state index in [-0.39, 0.29) is 5.91 Å². The van der Waals surface area contributed by atoms with Crippen LogP contribution in [-0.4, -0.2) is 46.3 Å². The van der Waals surface area contributed by atoms with Crippen molar-refractivity contribution in [1.82, 2.24) is 20.0 Å². The predicted octanol–water partition coefficient (Wildman–Crippen LogP) is 1.33. The minimum atomic E-state index is 0.151. The van der Waals surface area contributed by atoms with Gasteiger partial charge in [-0.25, -0.2) is 0 Å². The van der Waals surface area contributed by atoms with Gasteiger partial charge in [0.15, 0.2) is 0 Å². The lowest BCUT2D eigenvalue weighted by atomic mass is 9.89. The number of nitrogens with zero attached hydrogens (tertiary/aromatic N) is 3. The third-order valence-corrected chi connectivity index (χ3v) is 4.66. The summed E-state index contributed by atoms with van der Waals surface area (Å²) in [6.45, 7) is 4.82. The molecule has 0 saturated carbocycles. The van der Waals surface area contributed by atoms with E-state index in [9.17, 15) is 4.79 Å². The summed E-state index contributed by atoms with van der Waals surface area (Å²) in [5, 5.41) is 7.87. The maximum Gasteiger partial charge on any atom is 0.257 e. The highest BCUT2D eigenvalue weighted by atomic mass is 16.2. The highest BCUT2D eigenvalue weighted by Gasteiger charge is 2.31. The fraction of sp³-hybridized carbons (Fsp3) is 0.733. The lowest BCUT2D eigenvalue weighted by Crippen LogP contribution is -2.45. The molecular weight excluding hydrogens is 252 g/mol. The molecule has 1 aromatic heterocycles. The molecule has 2 aliphatic heterocycles. The number of piperidine rings is 1. The topological polar surface area (TPSA) is 50.2 Å². The van der Waals surface area contributed by atoms with Crippen molar-refractivity contribution in [2.45, 2.75) is 38.6 Å². The quantitative estimate of drug-likeness (QED) is 0.886. The van der Waals surface area contributed by atoms with Crippen molar-refractivity contribution in [3.05, 3.63) is 17.5 Å². The third-order valence-electron chi connectivity index (χ3n) is 4.66. The van der Waals surface area contributed by atoms with Crippen molar-refractivity contribution < 1.29 is 4.79 Å². The predicted molar refractivity (Wildman–Crippen MR) is 77.6 cm³/mol. The van der Waals surface area contributed by atoms with Gasteiger partial charge < -0.3 is 10.2 Å². The normalized spacial score (nSPS) is 27.0. The summed E-state index contributed by atoms with van der Waals surface area (Å²) in [6, 6.07) is 0.612. The Balaban J connectivity index is 1.70. The van der Waals surface area contributed by atoms with Gasteiger partial charge >= 0.3 is 0 Å². The summed E-state index contributed by atoms with van der Waals surface area (Å²) >= 11 is 0. The van der Waals surface area contributed by atoms with E-state index in [0.29, 0.717) is 12.0 Å². The second kappa shape index (κ2) is 5.56. The van der Waals surface area contributed by atoms with Gasteiger partial charge in [-0.2, -0.15) is 5.10 Å². The van der Waals surface area contributed by atoms with Crippen LogP contribution < -0.4 is 5.32 Å². The van der Waals surface area contributed by atoms with Crippen LogP contribution in [0.3, 0.4) is 0 Å². The third kappa shape index (κ3) is 2.59. The van der Waals surface area contributed by atoms with Crippen LogP contribution >= 0.6 is 0 Å². The highest BCUT2D eigenvalue weighted by molar-refractivity contribution is 5.95. The Morgan fingerprint density at radius 3 is 2.90 bits per heavy atom. The Kier molecular flexibility index (Phi) is 3.78. The van der Waals surface area contributed by atoms with Gasteiger partial charge in [0.2, 0.25) is 0 Å². The number of carbonyl (C=O) groups is 1. The van der Waals surface area contributed by atoms with Gasteiger partial charge in [0.1, 0.15) is 0 Å². The maximum atomic E-state index is 12.6. The first-order valence-corrected chi connectivity index (χ1v) is 7.68. The zero-order chi connectivity index (χ0) is 14.1. The van der Waals surface area contributed by atoms with Crippen molar-refractivity contribution >= 4 is 5.91 Å². The molecular formula is C15H24N4O. The van der Waals surface area contributed by atoms with Crippen LogP contribution in [0.4, 0.5) is 0 Å². The summed E-state index contributed by atoms with van der Waals surface area (Å²) < 4.78 is 1.72. The Morgan fingerprint density at radius 2 is 2.25 bits per heavy atom. The number of amides is 1. The Labute approximate surface area is 120 Å². The van der Waals surface area contributed by atoms with Crippen molar-refractivity contribution in [3.63, 3.8) is 0 Å². The number of hydrogen-bond donors (Lipinski definition) is 1. The fourth-order valence-electron chi connectivity index (χ4n) is 3.62. The van der Waals surface area contributed by atoms with E-state index >= 15 is 0 Å². The number of rotatable bonds is 2. The number of carbonyl (C=O) groups excluding carboxylic acids is 1. The molecule has 0 spiro atoms. The molecule has 2 fully saturated rings. The molecule has 110 valence electrons. The van der Waals surface area contributed by atoms with Crippen LogP contribution in [0.15, 0.2) is 6.20 Å². The van der Waals surface area contributed by atoms with E-state index in [1.807, 2.05) is 25.1 Å². The zero-order valence-corrected chi connectivity index (χ0v) is 12.4. The molecule has 3 rings (SSSR count). The van der Waals surface area contributed by atoms with Gasteiger partial charge in [-0.1, -0.05) is 0 Å².